The molecule has 3 amide bonds. The van der Waals surface area contributed by atoms with Crippen LogP contribution in [0.1, 0.15) is 37.7 Å². The van der Waals surface area contributed by atoms with Crippen molar-refractivity contribution in [1.82, 2.24) is 10.1 Å². The van der Waals surface area contributed by atoms with E-state index in [4.69, 9.17) is 9.26 Å². The highest BCUT2D eigenvalue weighted by atomic mass is 16.6. The van der Waals surface area contributed by atoms with Gasteiger partial charge in [0.15, 0.2) is 5.82 Å². The van der Waals surface area contributed by atoms with Crippen molar-refractivity contribution in [1.29, 1.82) is 0 Å². The molecule has 1 aromatic heterocycles. The maximum absolute atomic E-state index is 12.2. The Morgan fingerprint density at radius 3 is 2.63 bits per heavy atom. The van der Waals surface area contributed by atoms with Gasteiger partial charge >= 0.3 is 12.1 Å². The average Bonchev–Trinajstić information content (AvgIpc) is 2.97. The summed E-state index contributed by atoms with van der Waals surface area (Å²) >= 11 is 0. The van der Waals surface area contributed by atoms with Gasteiger partial charge in [-0.05, 0) is 57.4 Å². The average molecular weight is 372 g/mol. The fourth-order valence-corrected chi connectivity index (χ4v) is 2.82. The second kappa shape index (κ2) is 7.30. The summed E-state index contributed by atoms with van der Waals surface area (Å²) in [6, 6.07) is 6.90. The summed E-state index contributed by atoms with van der Waals surface area (Å²) in [7, 11) is 0. The molecule has 144 valence electrons. The molecule has 2 aromatic rings. The minimum absolute atomic E-state index is 0.308. The lowest BCUT2D eigenvalue weighted by Crippen LogP contribution is -2.39. The highest BCUT2D eigenvalue weighted by Gasteiger charge is 2.25. The lowest BCUT2D eigenvalue weighted by atomic mass is 9.99. The molecule has 1 aliphatic heterocycles. The number of hydrogen-bond donors (Lipinski definition) is 2. The first-order valence-electron chi connectivity index (χ1n) is 8.81. The Bertz CT molecular complexity index is 854. The van der Waals surface area contributed by atoms with Crippen molar-refractivity contribution >= 4 is 23.6 Å². The van der Waals surface area contributed by atoms with Crippen molar-refractivity contribution in [3.8, 4) is 0 Å². The second-order valence-corrected chi connectivity index (χ2v) is 7.54. The molecular weight excluding hydrogens is 348 g/mol. The topological polar surface area (TPSA) is 96.7 Å². The number of rotatable bonds is 2. The van der Waals surface area contributed by atoms with Gasteiger partial charge in [0.1, 0.15) is 11.4 Å². The number of aryl methyl sites for hydroxylation is 1. The summed E-state index contributed by atoms with van der Waals surface area (Å²) in [5.74, 6) is 0.976. The van der Waals surface area contributed by atoms with Crippen LogP contribution >= 0.6 is 0 Å². The minimum Gasteiger partial charge on any atom is -0.444 e. The third-order valence-electron chi connectivity index (χ3n) is 4.00. The van der Waals surface area contributed by atoms with Crippen molar-refractivity contribution in [2.75, 3.05) is 17.2 Å². The molecule has 27 heavy (non-hydrogen) atoms. The molecule has 0 atom stereocenters. The maximum Gasteiger partial charge on any atom is 0.410 e. The maximum atomic E-state index is 12.2. The van der Waals surface area contributed by atoms with Gasteiger partial charge in [-0.2, -0.15) is 0 Å². The molecule has 0 bridgehead atoms. The van der Waals surface area contributed by atoms with Crippen LogP contribution in [0.2, 0.25) is 0 Å². The van der Waals surface area contributed by atoms with Crippen LogP contribution in [0.5, 0.6) is 0 Å². The summed E-state index contributed by atoms with van der Waals surface area (Å²) in [6.07, 6.45) is 0.395. The zero-order valence-electron chi connectivity index (χ0n) is 16.0. The van der Waals surface area contributed by atoms with Crippen LogP contribution in [0, 0.1) is 6.92 Å². The summed E-state index contributed by atoms with van der Waals surface area (Å²) < 4.78 is 10.3. The lowest BCUT2D eigenvalue weighted by molar-refractivity contribution is 0.0224. The van der Waals surface area contributed by atoms with Gasteiger partial charge in [0.2, 0.25) is 0 Å². The Hall–Kier alpha value is -3.03. The molecule has 0 fully saturated rings. The van der Waals surface area contributed by atoms with E-state index >= 15 is 0 Å². The zero-order chi connectivity index (χ0) is 19.6. The number of hydrogen-bond acceptors (Lipinski definition) is 5. The highest BCUT2D eigenvalue weighted by Crippen LogP contribution is 2.24. The van der Waals surface area contributed by atoms with Crippen LogP contribution in [-0.4, -0.2) is 34.3 Å². The van der Waals surface area contributed by atoms with Gasteiger partial charge in [-0.15, -0.1) is 0 Å². The van der Waals surface area contributed by atoms with Gasteiger partial charge < -0.3 is 19.5 Å². The molecule has 0 saturated carbocycles. The summed E-state index contributed by atoms with van der Waals surface area (Å²) in [5.41, 5.74) is 2.31. The molecule has 2 N–H and O–H groups in total. The number of fused-ring (bicyclic) bond motifs is 1. The number of carbonyl (C=O) groups is 2. The molecule has 8 nitrogen and oxygen atoms in total. The minimum atomic E-state index is -0.513. The number of benzene rings is 1. The highest BCUT2D eigenvalue weighted by molar-refractivity contribution is 5.99. The Morgan fingerprint density at radius 1 is 1.19 bits per heavy atom. The molecule has 0 saturated heterocycles. The van der Waals surface area contributed by atoms with E-state index in [-0.39, 0.29) is 6.09 Å². The quantitative estimate of drug-likeness (QED) is 0.833. The fraction of sp³-hybridized carbons (Fsp3) is 0.421. The van der Waals surface area contributed by atoms with Crippen LogP contribution in [0.4, 0.5) is 21.1 Å². The van der Waals surface area contributed by atoms with Crippen LogP contribution in [0.15, 0.2) is 28.8 Å². The van der Waals surface area contributed by atoms with Gasteiger partial charge in [0.25, 0.3) is 0 Å². The number of aromatic nitrogens is 1. The van der Waals surface area contributed by atoms with Crippen LogP contribution in [0.3, 0.4) is 0 Å². The SMILES string of the molecule is Cc1cc(NC(=O)Nc2ccc3c(c2)CCN(C(=O)OC(C)(C)C)C3)no1. The van der Waals surface area contributed by atoms with E-state index in [1.54, 1.807) is 17.9 Å². The third-order valence-corrected chi connectivity index (χ3v) is 4.00. The number of ether oxygens (including phenoxy) is 1. The molecule has 0 radical (unpaired) electrons. The van der Waals surface area contributed by atoms with Gasteiger partial charge in [-0.3, -0.25) is 5.32 Å². The number of anilines is 2. The molecule has 0 unspecified atom stereocenters. The number of nitrogens with zero attached hydrogens (tertiary/aromatic N) is 2. The Kier molecular flexibility index (Phi) is 5.07. The predicted octanol–water partition coefficient (Wildman–Crippen LogP) is 3.92. The molecule has 2 heterocycles. The lowest BCUT2D eigenvalue weighted by Gasteiger charge is -2.31. The summed E-state index contributed by atoms with van der Waals surface area (Å²) in [4.78, 5) is 26.0. The monoisotopic (exact) mass is 372 g/mol. The Balaban J connectivity index is 1.61. The predicted molar refractivity (Wildman–Crippen MR) is 101 cm³/mol. The van der Waals surface area contributed by atoms with E-state index in [1.165, 1.54) is 0 Å². The second-order valence-electron chi connectivity index (χ2n) is 7.54. The van der Waals surface area contributed by atoms with Crippen LogP contribution in [0.25, 0.3) is 0 Å². The van der Waals surface area contributed by atoms with Crippen molar-refractivity contribution < 1.29 is 18.8 Å². The molecule has 1 aliphatic rings. The van der Waals surface area contributed by atoms with Gasteiger partial charge in [0.05, 0.1) is 0 Å². The number of amides is 3. The standard InChI is InChI=1S/C19H24N4O4/c1-12-9-16(22-27-12)21-17(24)20-15-6-5-14-11-23(8-7-13(14)10-15)18(25)26-19(2,3)4/h5-6,9-10H,7-8,11H2,1-4H3,(H2,20,21,22,24). The molecular formula is C19H24N4O4. The smallest absolute Gasteiger partial charge is 0.410 e. The molecule has 0 aliphatic carbocycles. The first-order chi connectivity index (χ1) is 12.7. The normalized spacial score (nSPS) is 13.7. The van der Waals surface area contributed by atoms with Gasteiger partial charge in [-0.25, -0.2) is 9.59 Å². The van der Waals surface area contributed by atoms with E-state index < -0.39 is 11.6 Å². The fourth-order valence-electron chi connectivity index (χ4n) is 2.82. The summed E-state index contributed by atoms with van der Waals surface area (Å²) in [5, 5.41) is 9.11. The van der Waals surface area contributed by atoms with E-state index in [2.05, 4.69) is 15.8 Å². The van der Waals surface area contributed by atoms with Crippen molar-refractivity contribution in [2.24, 2.45) is 0 Å². The Morgan fingerprint density at radius 2 is 1.96 bits per heavy atom. The van der Waals surface area contributed by atoms with E-state index in [9.17, 15) is 9.59 Å². The van der Waals surface area contributed by atoms with E-state index in [1.807, 2.05) is 39.0 Å². The first-order valence-corrected chi connectivity index (χ1v) is 8.81. The van der Waals surface area contributed by atoms with E-state index in [0.29, 0.717) is 36.8 Å². The van der Waals surface area contributed by atoms with E-state index in [0.717, 1.165) is 11.1 Å². The zero-order valence-corrected chi connectivity index (χ0v) is 16.0. The largest absolute Gasteiger partial charge is 0.444 e. The number of nitrogens with one attached hydrogen (secondary N) is 2. The van der Waals surface area contributed by atoms with Crippen LogP contribution in [-0.2, 0) is 17.7 Å². The van der Waals surface area contributed by atoms with Gasteiger partial charge in [0, 0.05) is 24.8 Å². The van der Waals surface area contributed by atoms with Crippen molar-refractivity contribution in [3.63, 3.8) is 0 Å². The molecule has 0 spiro atoms. The first kappa shape index (κ1) is 18.8. The number of urea groups is 1. The third kappa shape index (κ3) is 4.99. The molecule has 8 heteroatoms. The van der Waals surface area contributed by atoms with Crippen molar-refractivity contribution in [3.05, 3.63) is 41.2 Å². The number of carbonyl (C=O) groups excluding carboxylic acids is 2. The van der Waals surface area contributed by atoms with Gasteiger partial charge in [-0.1, -0.05) is 11.2 Å². The Labute approximate surface area is 157 Å². The molecule has 1 aromatic carbocycles. The summed E-state index contributed by atoms with van der Waals surface area (Å²) in [6.45, 7) is 8.38. The van der Waals surface area contributed by atoms with Crippen LogP contribution < -0.4 is 10.6 Å². The molecule has 3 rings (SSSR count). The van der Waals surface area contributed by atoms with Crippen molar-refractivity contribution in [2.45, 2.75) is 46.3 Å².